The second-order valence-electron chi connectivity index (χ2n) is 5.22. The summed E-state index contributed by atoms with van der Waals surface area (Å²) < 4.78 is 10.6. The first kappa shape index (κ1) is 18.4. The van der Waals surface area contributed by atoms with Crippen LogP contribution in [0.25, 0.3) is 0 Å². The molecule has 0 amide bonds. The number of aromatic amines is 1. The number of ketones is 1. The van der Waals surface area contributed by atoms with E-state index in [1.807, 2.05) is 0 Å². The van der Waals surface area contributed by atoms with Crippen LogP contribution < -0.4 is 4.74 Å². The lowest BCUT2D eigenvalue weighted by atomic mass is 10.1. The number of benzene rings is 1. The predicted octanol–water partition coefficient (Wildman–Crippen LogP) is 4.38. The van der Waals surface area contributed by atoms with Gasteiger partial charge in [0.1, 0.15) is 18.9 Å². The van der Waals surface area contributed by atoms with Crippen molar-refractivity contribution in [2.75, 3.05) is 13.2 Å². The third-order valence-corrected chi connectivity index (χ3v) is 4.07. The van der Waals surface area contributed by atoms with Crippen molar-refractivity contribution >= 4 is 35.0 Å². The molecule has 0 aliphatic carbocycles. The van der Waals surface area contributed by atoms with Crippen LogP contribution in [0.2, 0.25) is 10.0 Å². The van der Waals surface area contributed by atoms with Gasteiger partial charge in [-0.3, -0.25) is 4.79 Å². The number of aryl methyl sites for hydroxylation is 1. The molecule has 0 aliphatic heterocycles. The van der Waals surface area contributed by atoms with Gasteiger partial charge in [-0.1, -0.05) is 29.3 Å². The van der Waals surface area contributed by atoms with Crippen molar-refractivity contribution in [3.8, 4) is 5.75 Å². The molecule has 2 rings (SSSR count). The molecular weight excluding hydrogens is 353 g/mol. The molecule has 128 valence electrons. The molecule has 0 saturated heterocycles. The van der Waals surface area contributed by atoms with Gasteiger partial charge in [0.2, 0.25) is 0 Å². The minimum atomic E-state index is -0.544. The first-order chi connectivity index (χ1) is 11.3. The molecule has 24 heavy (non-hydrogen) atoms. The molecule has 2 aromatic rings. The van der Waals surface area contributed by atoms with Gasteiger partial charge < -0.3 is 14.5 Å². The van der Waals surface area contributed by atoms with Crippen LogP contribution in [-0.4, -0.2) is 30.0 Å². The van der Waals surface area contributed by atoms with E-state index >= 15 is 0 Å². The van der Waals surface area contributed by atoms with Gasteiger partial charge in [0.25, 0.3) is 0 Å². The summed E-state index contributed by atoms with van der Waals surface area (Å²) in [6.07, 6.45) is 0. The van der Waals surface area contributed by atoms with Crippen LogP contribution in [0.4, 0.5) is 0 Å². The van der Waals surface area contributed by atoms with Crippen LogP contribution in [0.5, 0.6) is 5.75 Å². The molecular formula is C17H17Cl2NO4. The molecule has 0 spiro atoms. The monoisotopic (exact) mass is 369 g/mol. The lowest BCUT2D eigenvalue weighted by Crippen LogP contribution is -2.14. The lowest BCUT2D eigenvalue weighted by Gasteiger charge is -2.10. The Hall–Kier alpha value is -1.98. The van der Waals surface area contributed by atoms with Crippen molar-refractivity contribution in [3.63, 3.8) is 0 Å². The summed E-state index contributed by atoms with van der Waals surface area (Å²) in [4.78, 5) is 26.6. The zero-order valence-corrected chi connectivity index (χ0v) is 15.0. The van der Waals surface area contributed by atoms with Crippen LogP contribution in [-0.2, 0) is 4.74 Å². The number of halogens is 2. The normalized spacial score (nSPS) is 10.5. The van der Waals surface area contributed by atoms with Gasteiger partial charge in [-0.2, -0.15) is 0 Å². The quantitative estimate of drug-likeness (QED) is 0.466. The van der Waals surface area contributed by atoms with Gasteiger partial charge in [0.15, 0.2) is 11.5 Å². The van der Waals surface area contributed by atoms with Gasteiger partial charge in [-0.25, -0.2) is 4.79 Å². The number of para-hydroxylation sites is 1. The predicted molar refractivity (Wildman–Crippen MR) is 92.5 cm³/mol. The smallest absolute Gasteiger partial charge is 0.355 e. The van der Waals surface area contributed by atoms with E-state index in [0.29, 0.717) is 32.6 Å². The molecule has 0 fully saturated rings. The van der Waals surface area contributed by atoms with Gasteiger partial charge in [-0.15, -0.1) is 0 Å². The van der Waals surface area contributed by atoms with E-state index in [1.54, 1.807) is 32.0 Å². The van der Waals surface area contributed by atoms with E-state index in [1.165, 1.54) is 6.92 Å². The van der Waals surface area contributed by atoms with E-state index in [9.17, 15) is 9.59 Å². The van der Waals surface area contributed by atoms with Crippen molar-refractivity contribution in [3.05, 3.63) is 50.8 Å². The van der Waals surface area contributed by atoms with Gasteiger partial charge in [0.05, 0.1) is 10.0 Å². The van der Waals surface area contributed by atoms with Crippen LogP contribution in [0.3, 0.4) is 0 Å². The number of Topliss-reactive ketones (excluding diaryl/α,β-unsaturated/α-hetero) is 1. The Morgan fingerprint density at radius 1 is 1.12 bits per heavy atom. The Labute approximate surface area is 149 Å². The summed E-state index contributed by atoms with van der Waals surface area (Å²) in [6.45, 7) is 5.03. The molecule has 1 aromatic carbocycles. The second kappa shape index (κ2) is 7.73. The average molecular weight is 370 g/mol. The number of carbonyl (C=O) groups is 2. The second-order valence-corrected chi connectivity index (χ2v) is 6.03. The van der Waals surface area contributed by atoms with E-state index in [-0.39, 0.29) is 24.7 Å². The highest BCUT2D eigenvalue weighted by atomic mass is 35.5. The van der Waals surface area contributed by atoms with Crippen molar-refractivity contribution in [1.29, 1.82) is 0 Å². The summed E-state index contributed by atoms with van der Waals surface area (Å²) in [5, 5.41) is 0.770. The Kier molecular flexibility index (Phi) is 5.91. The average Bonchev–Trinajstić information content (AvgIpc) is 2.80. The molecule has 0 bridgehead atoms. The number of ether oxygens (including phenoxy) is 2. The van der Waals surface area contributed by atoms with E-state index in [2.05, 4.69) is 4.98 Å². The highest BCUT2D eigenvalue weighted by molar-refractivity contribution is 6.37. The minimum Gasteiger partial charge on any atom is -0.487 e. The largest absolute Gasteiger partial charge is 0.487 e. The molecule has 7 heteroatoms. The molecule has 0 atom stereocenters. The summed E-state index contributed by atoms with van der Waals surface area (Å²) in [5.41, 5.74) is 2.01. The van der Waals surface area contributed by atoms with E-state index in [0.717, 1.165) is 0 Å². The maximum Gasteiger partial charge on any atom is 0.355 e. The highest BCUT2D eigenvalue weighted by Gasteiger charge is 2.20. The molecule has 0 radical (unpaired) electrons. The van der Waals surface area contributed by atoms with Crippen LogP contribution >= 0.6 is 23.2 Å². The minimum absolute atomic E-state index is 0.0211. The zero-order chi connectivity index (χ0) is 17.9. The fourth-order valence-electron chi connectivity index (χ4n) is 2.45. The topological polar surface area (TPSA) is 68.4 Å². The molecule has 1 aromatic heterocycles. The van der Waals surface area contributed by atoms with Crippen LogP contribution in [0.15, 0.2) is 18.2 Å². The maximum atomic E-state index is 12.1. The number of hydrogen-bond acceptors (Lipinski definition) is 4. The van der Waals surface area contributed by atoms with Crippen LogP contribution in [0.1, 0.15) is 39.0 Å². The van der Waals surface area contributed by atoms with Crippen molar-refractivity contribution in [2.45, 2.75) is 20.8 Å². The van der Waals surface area contributed by atoms with Crippen molar-refractivity contribution in [2.24, 2.45) is 0 Å². The number of carbonyl (C=O) groups excluding carboxylic acids is 2. The molecule has 5 nitrogen and oxygen atoms in total. The SMILES string of the molecule is CC(=O)c1c(C)[nH]c(C(=O)OCCOc2c(Cl)cccc2Cl)c1C. The molecule has 0 saturated carbocycles. The molecule has 1 heterocycles. The number of nitrogens with one attached hydrogen (secondary N) is 1. The highest BCUT2D eigenvalue weighted by Crippen LogP contribution is 2.32. The number of esters is 1. The zero-order valence-electron chi connectivity index (χ0n) is 13.5. The fraction of sp³-hybridized carbons (Fsp3) is 0.294. The number of H-pyrrole nitrogens is 1. The fourth-order valence-corrected chi connectivity index (χ4v) is 2.96. The molecule has 1 N–H and O–H groups in total. The Balaban J connectivity index is 1.95. The molecule has 0 unspecified atom stereocenters. The third-order valence-electron chi connectivity index (χ3n) is 3.48. The number of hydrogen-bond donors (Lipinski definition) is 1. The Bertz CT molecular complexity index is 763. The van der Waals surface area contributed by atoms with Crippen molar-refractivity contribution in [1.82, 2.24) is 4.98 Å². The first-order valence-electron chi connectivity index (χ1n) is 7.27. The lowest BCUT2D eigenvalue weighted by molar-refractivity contribution is 0.0443. The van der Waals surface area contributed by atoms with Gasteiger partial charge in [0, 0.05) is 11.3 Å². The van der Waals surface area contributed by atoms with Crippen LogP contribution in [0, 0.1) is 13.8 Å². The summed E-state index contributed by atoms with van der Waals surface area (Å²) in [5.74, 6) is -0.295. The number of rotatable bonds is 6. The standard InChI is InChI=1S/C17H17Cl2NO4/c1-9-14(11(3)21)10(2)20-15(9)17(22)24-8-7-23-16-12(18)5-4-6-13(16)19/h4-6,20H,7-8H2,1-3H3. The number of aromatic nitrogens is 1. The first-order valence-corrected chi connectivity index (χ1v) is 8.02. The Morgan fingerprint density at radius 2 is 1.75 bits per heavy atom. The van der Waals surface area contributed by atoms with E-state index in [4.69, 9.17) is 32.7 Å². The molecule has 0 aliphatic rings. The van der Waals surface area contributed by atoms with Gasteiger partial charge in [-0.05, 0) is 38.5 Å². The Morgan fingerprint density at radius 3 is 2.29 bits per heavy atom. The third kappa shape index (κ3) is 3.91. The van der Waals surface area contributed by atoms with Gasteiger partial charge >= 0.3 is 5.97 Å². The van der Waals surface area contributed by atoms with Crippen molar-refractivity contribution < 1.29 is 19.1 Å². The van der Waals surface area contributed by atoms with E-state index < -0.39 is 5.97 Å². The summed E-state index contributed by atoms with van der Waals surface area (Å²) >= 11 is 12.0. The summed E-state index contributed by atoms with van der Waals surface area (Å²) in [6, 6.07) is 5.02. The summed E-state index contributed by atoms with van der Waals surface area (Å²) in [7, 11) is 0. The maximum absolute atomic E-state index is 12.1.